The molecule has 0 bridgehead atoms. The van der Waals surface area contributed by atoms with Crippen molar-refractivity contribution in [2.24, 2.45) is 0 Å². The van der Waals surface area contributed by atoms with Crippen LogP contribution in [0.1, 0.15) is 25.3 Å². The van der Waals surface area contributed by atoms with Gasteiger partial charge in [0, 0.05) is 11.0 Å². The number of benzene rings is 1. The lowest BCUT2D eigenvalue weighted by Crippen LogP contribution is -2.14. The molecule has 0 fully saturated rings. The first kappa shape index (κ1) is 14.6. The fourth-order valence-electron chi connectivity index (χ4n) is 1.39. The van der Waals surface area contributed by atoms with Gasteiger partial charge in [-0.25, -0.2) is 0 Å². The Labute approximate surface area is 115 Å². The van der Waals surface area contributed by atoms with E-state index in [9.17, 15) is 9.59 Å². The Balaban J connectivity index is 2.54. The largest absolute Gasteiger partial charge is 0.326 e. The number of halogens is 1. The first-order valence-electron chi connectivity index (χ1n) is 5.73. The van der Waals surface area contributed by atoms with Crippen LogP contribution >= 0.6 is 15.9 Å². The molecule has 4 heteroatoms. The fourth-order valence-corrected chi connectivity index (χ4v) is 1.66. The number of allylic oxidation sites excluding steroid dienone is 1. The molecule has 0 atom stereocenters. The van der Waals surface area contributed by atoms with Crippen LogP contribution in [0.4, 0.5) is 5.69 Å². The molecule has 1 amide bonds. The molecule has 0 aliphatic carbocycles. The van der Waals surface area contributed by atoms with Crippen molar-refractivity contribution in [3.05, 3.63) is 35.9 Å². The van der Waals surface area contributed by atoms with Gasteiger partial charge in [-0.15, -0.1) is 0 Å². The van der Waals surface area contributed by atoms with Gasteiger partial charge in [0.2, 0.25) is 5.91 Å². The van der Waals surface area contributed by atoms with Crippen LogP contribution in [0.3, 0.4) is 0 Å². The zero-order valence-electron chi connectivity index (χ0n) is 10.3. The molecule has 18 heavy (non-hydrogen) atoms. The molecule has 1 N–H and O–H groups in total. The highest BCUT2D eigenvalue weighted by Crippen LogP contribution is 2.11. The highest BCUT2D eigenvalue weighted by molar-refractivity contribution is 9.09. The minimum absolute atomic E-state index is 0.0765. The first-order chi connectivity index (χ1) is 8.61. The summed E-state index contributed by atoms with van der Waals surface area (Å²) in [4.78, 5) is 22.1. The molecule has 0 saturated carbocycles. The second-order valence-corrected chi connectivity index (χ2v) is 4.72. The van der Waals surface area contributed by atoms with Gasteiger partial charge in [-0.2, -0.15) is 0 Å². The van der Waals surface area contributed by atoms with Crippen LogP contribution in [-0.4, -0.2) is 17.0 Å². The maximum atomic E-state index is 11.4. The van der Waals surface area contributed by atoms with Crippen molar-refractivity contribution in [2.75, 3.05) is 10.6 Å². The molecule has 0 unspecified atom stereocenters. The van der Waals surface area contributed by atoms with Crippen molar-refractivity contribution in [3.63, 3.8) is 0 Å². The number of rotatable bonds is 6. The Morgan fingerprint density at radius 3 is 2.50 bits per heavy atom. The molecule has 1 rings (SSSR count). The highest BCUT2D eigenvalue weighted by Gasteiger charge is 2.04. The standard InChI is InChI=1S/C14H16BrNO2/c1-11(17)10-14(18)16-13-7-5-12(6-8-13)4-2-3-9-15/h2,4-8H,3,9-10H2,1H3,(H,16,18). The second kappa shape index (κ2) is 7.82. The van der Waals surface area contributed by atoms with E-state index in [0.29, 0.717) is 5.69 Å². The predicted octanol–water partition coefficient (Wildman–Crippen LogP) is 3.40. The van der Waals surface area contributed by atoms with Crippen molar-refractivity contribution >= 4 is 39.4 Å². The Bertz CT molecular complexity index is 438. The average molecular weight is 310 g/mol. The van der Waals surface area contributed by atoms with Gasteiger partial charge in [0.25, 0.3) is 0 Å². The summed E-state index contributed by atoms with van der Waals surface area (Å²) >= 11 is 3.35. The molecule has 3 nitrogen and oxygen atoms in total. The van der Waals surface area contributed by atoms with Gasteiger partial charge in [-0.1, -0.05) is 40.2 Å². The Morgan fingerprint density at radius 1 is 1.28 bits per heavy atom. The van der Waals surface area contributed by atoms with Crippen LogP contribution in [0.2, 0.25) is 0 Å². The normalized spacial score (nSPS) is 10.6. The van der Waals surface area contributed by atoms with Gasteiger partial charge in [0.15, 0.2) is 0 Å². The third kappa shape index (κ3) is 5.77. The van der Waals surface area contributed by atoms with Crippen molar-refractivity contribution in [1.82, 2.24) is 0 Å². The third-order valence-electron chi connectivity index (χ3n) is 2.19. The van der Waals surface area contributed by atoms with E-state index in [1.54, 1.807) is 0 Å². The van der Waals surface area contributed by atoms with Crippen molar-refractivity contribution < 1.29 is 9.59 Å². The van der Waals surface area contributed by atoms with Crippen LogP contribution in [0.15, 0.2) is 30.3 Å². The van der Waals surface area contributed by atoms with E-state index < -0.39 is 0 Å². The van der Waals surface area contributed by atoms with E-state index in [-0.39, 0.29) is 18.1 Å². The number of ketones is 1. The molecule has 0 radical (unpaired) electrons. The zero-order valence-corrected chi connectivity index (χ0v) is 11.9. The van der Waals surface area contributed by atoms with Crippen LogP contribution in [0.25, 0.3) is 6.08 Å². The quantitative estimate of drug-likeness (QED) is 0.646. The molecular formula is C14H16BrNO2. The third-order valence-corrected chi connectivity index (χ3v) is 2.65. The van der Waals surface area contributed by atoms with Gasteiger partial charge in [-0.05, 0) is 31.0 Å². The number of carbonyl (C=O) groups is 2. The van der Waals surface area contributed by atoms with Gasteiger partial charge in [0.05, 0.1) is 6.42 Å². The molecule has 0 spiro atoms. The Hall–Kier alpha value is -1.42. The number of alkyl halides is 1. The van der Waals surface area contributed by atoms with Crippen molar-refractivity contribution in [3.8, 4) is 0 Å². The summed E-state index contributed by atoms with van der Waals surface area (Å²) in [6.45, 7) is 1.40. The number of Topliss-reactive ketones (excluding diaryl/α,β-unsaturated/α-hetero) is 1. The number of hydrogen-bond acceptors (Lipinski definition) is 2. The number of amides is 1. The molecule has 0 aromatic heterocycles. The monoisotopic (exact) mass is 309 g/mol. The summed E-state index contributed by atoms with van der Waals surface area (Å²) in [6, 6.07) is 7.50. The van der Waals surface area contributed by atoms with E-state index in [0.717, 1.165) is 17.3 Å². The van der Waals surface area contributed by atoms with Crippen molar-refractivity contribution in [1.29, 1.82) is 0 Å². The Kier molecular flexibility index (Phi) is 6.36. The lowest BCUT2D eigenvalue weighted by molar-refractivity contribution is -0.124. The van der Waals surface area contributed by atoms with Crippen molar-refractivity contribution in [2.45, 2.75) is 19.8 Å². The summed E-state index contributed by atoms with van der Waals surface area (Å²) in [7, 11) is 0. The smallest absolute Gasteiger partial charge is 0.231 e. The van der Waals surface area contributed by atoms with Crippen LogP contribution in [0, 0.1) is 0 Å². The molecule has 0 heterocycles. The predicted molar refractivity (Wildman–Crippen MR) is 77.8 cm³/mol. The second-order valence-electron chi connectivity index (χ2n) is 3.93. The lowest BCUT2D eigenvalue weighted by atomic mass is 10.2. The molecular weight excluding hydrogens is 294 g/mol. The first-order valence-corrected chi connectivity index (χ1v) is 6.86. The van der Waals surface area contributed by atoms with Crippen LogP contribution in [0.5, 0.6) is 0 Å². The van der Waals surface area contributed by atoms with E-state index in [2.05, 4.69) is 27.3 Å². The molecule has 0 aliphatic rings. The van der Waals surface area contributed by atoms with Gasteiger partial charge >= 0.3 is 0 Å². The summed E-state index contributed by atoms with van der Waals surface area (Å²) < 4.78 is 0. The number of anilines is 1. The Morgan fingerprint density at radius 2 is 1.94 bits per heavy atom. The van der Waals surface area contributed by atoms with E-state index in [4.69, 9.17) is 0 Å². The topological polar surface area (TPSA) is 46.2 Å². The van der Waals surface area contributed by atoms with Crippen LogP contribution in [-0.2, 0) is 9.59 Å². The van der Waals surface area contributed by atoms with Gasteiger partial charge in [0.1, 0.15) is 5.78 Å². The van der Waals surface area contributed by atoms with E-state index in [1.807, 2.05) is 30.3 Å². The summed E-state index contributed by atoms with van der Waals surface area (Å²) in [5.74, 6) is -0.410. The summed E-state index contributed by atoms with van der Waals surface area (Å²) in [5, 5.41) is 3.62. The lowest BCUT2D eigenvalue weighted by Gasteiger charge is -2.04. The highest BCUT2D eigenvalue weighted by atomic mass is 79.9. The molecule has 96 valence electrons. The van der Waals surface area contributed by atoms with Gasteiger partial charge < -0.3 is 5.32 Å². The maximum Gasteiger partial charge on any atom is 0.231 e. The van der Waals surface area contributed by atoms with Crippen LogP contribution < -0.4 is 5.32 Å². The molecule has 0 aliphatic heterocycles. The fraction of sp³-hybridized carbons (Fsp3) is 0.286. The van der Waals surface area contributed by atoms with E-state index in [1.165, 1.54) is 6.92 Å². The number of hydrogen-bond donors (Lipinski definition) is 1. The average Bonchev–Trinajstić information content (AvgIpc) is 2.30. The summed E-state index contributed by atoms with van der Waals surface area (Å²) in [5.41, 5.74) is 1.79. The summed E-state index contributed by atoms with van der Waals surface area (Å²) in [6.07, 6.45) is 5.02. The minimum atomic E-state index is -0.273. The minimum Gasteiger partial charge on any atom is -0.326 e. The zero-order chi connectivity index (χ0) is 13.4. The molecule has 1 aromatic carbocycles. The maximum absolute atomic E-state index is 11.4. The molecule has 1 aromatic rings. The van der Waals surface area contributed by atoms with Gasteiger partial charge in [-0.3, -0.25) is 9.59 Å². The molecule has 0 saturated heterocycles. The SMILES string of the molecule is CC(=O)CC(=O)Nc1ccc(C=CCCBr)cc1. The number of nitrogens with one attached hydrogen (secondary N) is 1. The van der Waals surface area contributed by atoms with E-state index >= 15 is 0 Å². The number of carbonyl (C=O) groups excluding carboxylic acids is 2.